The number of fused-ring (bicyclic) bond motifs is 1. The molecule has 3 aromatic heterocycles. The van der Waals surface area contributed by atoms with Gasteiger partial charge in [0.25, 0.3) is 5.56 Å². The average Bonchev–Trinajstić information content (AvgIpc) is 2.61. The van der Waals surface area contributed by atoms with Crippen molar-refractivity contribution in [2.45, 2.75) is 13.0 Å². The maximum absolute atomic E-state index is 12.0. The van der Waals surface area contributed by atoms with Crippen molar-refractivity contribution < 1.29 is 0 Å². The Labute approximate surface area is 139 Å². The van der Waals surface area contributed by atoms with Gasteiger partial charge in [0.05, 0.1) is 17.4 Å². The molecule has 1 atom stereocenters. The zero-order chi connectivity index (χ0) is 16.5. The fourth-order valence-electron chi connectivity index (χ4n) is 3.45. The molecule has 4 rings (SSSR count). The lowest BCUT2D eigenvalue weighted by Crippen LogP contribution is -2.52. The molecule has 0 spiro atoms. The third-order valence-corrected chi connectivity index (χ3v) is 4.59. The number of nitrogens with zero attached hydrogens (tertiary/aromatic N) is 4. The summed E-state index contributed by atoms with van der Waals surface area (Å²) >= 11 is 0. The Morgan fingerprint density at radius 1 is 1.12 bits per heavy atom. The summed E-state index contributed by atoms with van der Waals surface area (Å²) in [7, 11) is 0. The Morgan fingerprint density at radius 2 is 1.92 bits per heavy atom. The number of anilines is 2. The van der Waals surface area contributed by atoms with E-state index in [1.807, 2.05) is 30.6 Å². The minimum absolute atomic E-state index is 0.0882. The summed E-state index contributed by atoms with van der Waals surface area (Å²) in [5, 5.41) is 1.04. The number of hydrogen-bond donors (Lipinski definition) is 1. The molecule has 0 aromatic carbocycles. The van der Waals surface area contributed by atoms with Gasteiger partial charge in [0, 0.05) is 61.4 Å². The summed E-state index contributed by atoms with van der Waals surface area (Å²) in [5.41, 5.74) is 2.87. The fraction of sp³-hybridized carbons (Fsp3) is 0.278. The highest BCUT2D eigenvalue weighted by Gasteiger charge is 2.25. The molecular formula is C18H19N5O. The summed E-state index contributed by atoms with van der Waals surface area (Å²) in [5.74, 6) is 0. The maximum Gasteiger partial charge on any atom is 0.250 e. The minimum Gasteiger partial charge on any atom is -0.367 e. The SMILES string of the molecule is CC1CN(c2cc(=O)[nH]c3cnccc23)CCN1c1ccncc1. The zero-order valence-corrected chi connectivity index (χ0v) is 13.5. The van der Waals surface area contributed by atoms with E-state index in [9.17, 15) is 4.79 Å². The van der Waals surface area contributed by atoms with Crippen LogP contribution in [0, 0.1) is 0 Å². The van der Waals surface area contributed by atoms with Crippen LogP contribution in [0.1, 0.15) is 6.92 Å². The maximum atomic E-state index is 12.0. The van der Waals surface area contributed by atoms with Gasteiger partial charge in [0.1, 0.15) is 0 Å². The molecule has 0 radical (unpaired) electrons. The van der Waals surface area contributed by atoms with E-state index >= 15 is 0 Å². The summed E-state index contributed by atoms with van der Waals surface area (Å²) in [6.45, 7) is 4.85. The standard InChI is InChI=1S/C18H19N5O/c1-13-12-22(8-9-23(13)14-2-5-19-6-3-14)17-10-18(24)21-16-11-20-7-4-15(16)17/h2-7,10-11,13H,8-9,12H2,1H3,(H,21,24). The molecule has 1 fully saturated rings. The number of aromatic nitrogens is 3. The van der Waals surface area contributed by atoms with Crippen LogP contribution < -0.4 is 15.4 Å². The first kappa shape index (κ1) is 14.7. The van der Waals surface area contributed by atoms with E-state index in [4.69, 9.17) is 0 Å². The van der Waals surface area contributed by atoms with Gasteiger partial charge in [-0.15, -0.1) is 0 Å². The molecule has 1 saturated heterocycles. The third kappa shape index (κ3) is 2.60. The van der Waals surface area contributed by atoms with Crippen LogP contribution in [0.5, 0.6) is 0 Å². The van der Waals surface area contributed by atoms with Crippen molar-refractivity contribution in [3.05, 3.63) is 59.4 Å². The van der Waals surface area contributed by atoms with Gasteiger partial charge in [-0.1, -0.05) is 0 Å². The largest absolute Gasteiger partial charge is 0.367 e. The zero-order valence-electron chi connectivity index (χ0n) is 13.5. The normalized spacial score (nSPS) is 18.1. The molecule has 1 aliphatic heterocycles. The number of pyridine rings is 3. The van der Waals surface area contributed by atoms with E-state index in [0.717, 1.165) is 36.2 Å². The van der Waals surface area contributed by atoms with E-state index in [1.54, 1.807) is 18.5 Å². The predicted molar refractivity (Wildman–Crippen MR) is 95.6 cm³/mol. The molecule has 122 valence electrons. The topological polar surface area (TPSA) is 65.1 Å². The molecule has 3 aromatic rings. The van der Waals surface area contributed by atoms with Crippen molar-refractivity contribution in [2.24, 2.45) is 0 Å². The van der Waals surface area contributed by atoms with Crippen molar-refractivity contribution in [1.29, 1.82) is 0 Å². The van der Waals surface area contributed by atoms with E-state index < -0.39 is 0 Å². The molecule has 4 heterocycles. The Hall–Kier alpha value is -2.89. The van der Waals surface area contributed by atoms with E-state index in [0.29, 0.717) is 6.04 Å². The van der Waals surface area contributed by atoms with Crippen molar-refractivity contribution in [3.8, 4) is 0 Å². The molecule has 1 aliphatic rings. The minimum atomic E-state index is -0.0882. The highest BCUT2D eigenvalue weighted by atomic mass is 16.1. The Morgan fingerprint density at radius 3 is 2.71 bits per heavy atom. The van der Waals surface area contributed by atoms with Crippen LogP contribution in [0.2, 0.25) is 0 Å². The number of hydrogen-bond acceptors (Lipinski definition) is 5. The molecule has 0 saturated carbocycles. The average molecular weight is 321 g/mol. The molecule has 6 heteroatoms. The lowest BCUT2D eigenvalue weighted by Gasteiger charge is -2.42. The monoisotopic (exact) mass is 321 g/mol. The van der Waals surface area contributed by atoms with Crippen LogP contribution in [-0.2, 0) is 0 Å². The molecule has 0 bridgehead atoms. The lowest BCUT2D eigenvalue weighted by atomic mass is 10.1. The summed E-state index contributed by atoms with van der Waals surface area (Å²) in [4.78, 5) is 27.7. The number of rotatable bonds is 2. The van der Waals surface area contributed by atoms with Crippen LogP contribution in [-0.4, -0.2) is 40.6 Å². The smallest absolute Gasteiger partial charge is 0.250 e. The summed E-state index contributed by atoms with van der Waals surface area (Å²) in [6.07, 6.45) is 7.12. The first-order valence-corrected chi connectivity index (χ1v) is 8.11. The molecule has 0 aliphatic carbocycles. The van der Waals surface area contributed by atoms with Gasteiger partial charge in [-0.05, 0) is 25.1 Å². The Balaban J connectivity index is 1.65. The first-order valence-electron chi connectivity index (χ1n) is 8.11. The van der Waals surface area contributed by atoms with Crippen LogP contribution in [0.3, 0.4) is 0 Å². The number of aromatic amines is 1. The van der Waals surface area contributed by atoms with Crippen LogP contribution >= 0.6 is 0 Å². The Kier molecular flexibility index (Phi) is 3.65. The second-order valence-electron chi connectivity index (χ2n) is 6.13. The third-order valence-electron chi connectivity index (χ3n) is 4.59. The van der Waals surface area contributed by atoms with Gasteiger partial charge >= 0.3 is 0 Å². The van der Waals surface area contributed by atoms with Gasteiger partial charge < -0.3 is 14.8 Å². The van der Waals surface area contributed by atoms with Gasteiger partial charge in [0.2, 0.25) is 0 Å². The van der Waals surface area contributed by atoms with Crippen molar-refractivity contribution in [2.75, 3.05) is 29.4 Å². The number of piperazine rings is 1. The highest BCUT2D eigenvalue weighted by molar-refractivity contribution is 5.90. The highest BCUT2D eigenvalue weighted by Crippen LogP contribution is 2.27. The van der Waals surface area contributed by atoms with Crippen LogP contribution in [0.4, 0.5) is 11.4 Å². The lowest BCUT2D eigenvalue weighted by molar-refractivity contribution is 0.551. The fourth-order valence-corrected chi connectivity index (χ4v) is 3.45. The van der Waals surface area contributed by atoms with Gasteiger partial charge in [0.15, 0.2) is 0 Å². The van der Waals surface area contributed by atoms with E-state index in [-0.39, 0.29) is 5.56 Å². The molecule has 24 heavy (non-hydrogen) atoms. The second-order valence-corrected chi connectivity index (χ2v) is 6.13. The van der Waals surface area contributed by atoms with Crippen molar-refractivity contribution in [3.63, 3.8) is 0 Å². The summed E-state index contributed by atoms with van der Waals surface area (Å²) in [6, 6.07) is 8.08. The molecule has 6 nitrogen and oxygen atoms in total. The number of nitrogens with one attached hydrogen (secondary N) is 1. The van der Waals surface area contributed by atoms with E-state index in [2.05, 4.69) is 31.7 Å². The number of H-pyrrole nitrogens is 1. The van der Waals surface area contributed by atoms with Crippen molar-refractivity contribution in [1.82, 2.24) is 15.0 Å². The molecule has 1 unspecified atom stereocenters. The van der Waals surface area contributed by atoms with Crippen LogP contribution in [0.15, 0.2) is 53.8 Å². The quantitative estimate of drug-likeness (QED) is 0.782. The first-order chi connectivity index (χ1) is 11.7. The second kappa shape index (κ2) is 5.96. The molecule has 0 amide bonds. The van der Waals surface area contributed by atoms with Crippen molar-refractivity contribution >= 4 is 22.3 Å². The van der Waals surface area contributed by atoms with Gasteiger partial charge in [-0.25, -0.2) is 0 Å². The predicted octanol–water partition coefficient (Wildman–Crippen LogP) is 2.03. The molecule has 1 N–H and O–H groups in total. The van der Waals surface area contributed by atoms with Crippen LogP contribution in [0.25, 0.3) is 10.9 Å². The summed E-state index contributed by atoms with van der Waals surface area (Å²) < 4.78 is 0. The van der Waals surface area contributed by atoms with Gasteiger partial charge in [-0.2, -0.15) is 0 Å². The molecular weight excluding hydrogens is 302 g/mol. The Bertz CT molecular complexity index is 908. The van der Waals surface area contributed by atoms with Gasteiger partial charge in [-0.3, -0.25) is 14.8 Å². The van der Waals surface area contributed by atoms with E-state index in [1.165, 1.54) is 5.69 Å².